The highest BCUT2D eigenvalue weighted by molar-refractivity contribution is 5.16. The lowest BCUT2D eigenvalue weighted by Gasteiger charge is -2.28. The number of aryl methyl sites for hydroxylation is 1. The number of nitrogens with zero attached hydrogens (tertiary/aromatic N) is 3. The van der Waals surface area contributed by atoms with Gasteiger partial charge >= 0.3 is 0 Å². The monoisotopic (exact) mass is 193 g/mol. The number of aromatic nitrogens is 3. The fourth-order valence-corrected chi connectivity index (χ4v) is 1.81. The number of hydrogen-bond acceptors (Lipinski definition) is 3. The normalized spacial score (nSPS) is 32.1. The summed E-state index contributed by atoms with van der Waals surface area (Å²) in [5.41, 5.74) is -0.919. The molecule has 1 aromatic heterocycles. The maximum atomic E-state index is 10.3. The highest BCUT2D eigenvalue weighted by Crippen LogP contribution is 2.32. The molecule has 0 saturated heterocycles. The second-order valence-corrected chi connectivity index (χ2v) is 4.06. The number of hydrogen-bond donors (Lipinski definition) is 1. The fourth-order valence-electron chi connectivity index (χ4n) is 1.81. The number of allylic oxidation sites excluding steroid dienone is 1. The van der Waals surface area contributed by atoms with Gasteiger partial charge in [0, 0.05) is 7.05 Å². The van der Waals surface area contributed by atoms with Crippen LogP contribution in [0.4, 0.5) is 0 Å². The summed E-state index contributed by atoms with van der Waals surface area (Å²) < 4.78 is 1.76. The van der Waals surface area contributed by atoms with E-state index in [4.69, 9.17) is 0 Å². The minimum atomic E-state index is -0.919. The van der Waals surface area contributed by atoms with Crippen molar-refractivity contribution in [3.05, 3.63) is 24.3 Å². The van der Waals surface area contributed by atoms with Crippen LogP contribution in [0, 0.1) is 5.92 Å². The molecule has 1 aliphatic rings. The van der Waals surface area contributed by atoms with Crippen molar-refractivity contribution in [3.8, 4) is 0 Å². The average Bonchev–Trinajstić information content (AvgIpc) is 2.58. The molecule has 0 spiro atoms. The van der Waals surface area contributed by atoms with Crippen LogP contribution in [0.15, 0.2) is 18.5 Å². The van der Waals surface area contributed by atoms with E-state index in [-0.39, 0.29) is 0 Å². The molecule has 14 heavy (non-hydrogen) atoms. The molecular weight excluding hydrogens is 178 g/mol. The van der Waals surface area contributed by atoms with Crippen molar-refractivity contribution in [1.82, 2.24) is 14.8 Å². The third-order valence-corrected chi connectivity index (χ3v) is 2.78. The predicted octanol–water partition coefficient (Wildman–Crippen LogP) is 0.989. The third-order valence-electron chi connectivity index (χ3n) is 2.78. The maximum absolute atomic E-state index is 10.3. The molecule has 0 amide bonds. The maximum Gasteiger partial charge on any atom is 0.168 e. The van der Waals surface area contributed by atoms with Crippen LogP contribution in [-0.2, 0) is 12.6 Å². The predicted molar refractivity (Wildman–Crippen MR) is 52.4 cm³/mol. The van der Waals surface area contributed by atoms with Crippen molar-refractivity contribution < 1.29 is 5.11 Å². The van der Waals surface area contributed by atoms with Crippen molar-refractivity contribution in [2.75, 3.05) is 0 Å². The van der Waals surface area contributed by atoms with Crippen LogP contribution in [-0.4, -0.2) is 19.9 Å². The second kappa shape index (κ2) is 3.20. The highest BCUT2D eigenvalue weighted by atomic mass is 16.3. The Morgan fingerprint density at radius 2 is 2.43 bits per heavy atom. The quantitative estimate of drug-likeness (QED) is 0.677. The zero-order valence-electron chi connectivity index (χ0n) is 8.51. The molecule has 2 unspecified atom stereocenters. The van der Waals surface area contributed by atoms with Crippen LogP contribution >= 0.6 is 0 Å². The van der Waals surface area contributed by atoms with Gasteiger partial charge < -0.3 is 9.67 Å². The Kier molecular flexibility index (Phi) is 2.15. The summed E-state index contributed by atoms with van der Waals surface area (Å²) >= 11 is 0. The van der Waals surface area contributed by atoms with Gasteiger partial charge in [0.2, 0.25) is 0 Å². The lowest BCUT2D eigenvalue weighted by Crippen LogP contribution is -2.30. The van der Waals surface area contributed by atoms with Gasteiger partial charge in [-0.2, -0.15) is 0 Å². The van der Waals surface area contributed by atoms with Crippen LogP contribution < -0.4 is 0 Å². The van der Waals surface area contributed by atoms with Gasteiger partial charge in [0.15, 0.2) is 5.82 Å². The summed E-state index contributed by atoms with van der Waals surface area (Å²) in [6.45, 7) is 2.15. The topological polar surface area (TPSA) is 50.9 Å². The molecule has 2 rings (SSSR count). The Morgan fingerprint density at radius 1 is 1.64 bits per heavy atom. The number of rotatable bonds is 1. The van der Waals surface area contributed by atoms with E-state index in [9.17, 15) is 5.11 Å². The van der Waals surface area contributed by atoms with E-state index in [1.54, 1.807) is 10.9 Å². The first-order chi connectivity index (χ1) is 6.62. The van der Waals surface area contributed by atoms with Gasteiger partial charge in [0.1, 0.15) is 11.9 Å². The van der Waals surface area contributed by atoms with Crippen LogP contribution in [0.5, 0.6) is 0 Å². The van der Waals surface area contributed by atoms with E-state index >= 15 is 0 Å². The molecule has 0 aromatic carbocycles. The zero-order chi connectivity index (χ0) is 10.2. The highest BCUT2D eigenvalue weighted by Gasteiger charge is 2.33. The Bertz CT molecular complexity index is 358. The van der Waals surface area contributed by atoms with Gasteiger partial charge in [0.05, 0.1) is 0 Å². The van der Waals surface area contributed by atoms with Gasteiger partial charge in [-0.1, -0.05) is 13.0 Å². The summed E-state index contributed by atoms with van der Waals surface area (Å²) in [5.74, 6) is 1.17. The Labute approximate surface area is 83.3 Å². The molecule has 1 heterocycles. The zero-order valence-corrected chi connectivity index (χ0v) is 8.51. The van der Waals surface area contributed by atoms with Crippen molar-refractivity contribution in [3.63, 3.8) is 0 Å². The molecule has 0 saturated carbocycles. The lowest BCUT2D eigenvalue weighted by atomic mass is 9.85. The SMILES string of the molecule is CC1C=CC(O)(c2nncn2C)CC1. The molecule has 0 radical (unpaired) electrons. The van der Waals surface area contributed by atoms with Crippen molar-refractivity contribution >= 4 is 0 Å². The van der Waals surface area contributed by atoms with Crippen LogP contribution in [0.3, 0.4) is 0 Å². The first-order valence-corrected chi connectivity index (χ1v) is 4.88. The minimum Gasteiger partial charge on any atom is -0.378 e. The average molecular weight is 193 g/mol. The van der Waals surface area contributed by atoms with Gasteiger partial charge in [-0.05, 0) is 24.8 Å². The fraction of sp³-hybridized carbons (Fsp3) is 0.600. The molecule has 1 aromatic rings. The Balaban J connectivity index is 2.34. The molecule has 4 heteroatoms. The third kappa shape index (κ3) is 1.46. The van der Waals surface area contributed by atoms with Gasteiger partial charge in [0.25, 0.3) is 0 Å². The molecule has 76 valence electrons. The van der Waals surface area contributed by atoms with Crippen molar-refractivity contribution in [2.45, 2.75) is 25.4 Å². The summed E-state index contributed by atoms with van der Waals surface area (Å²) in [7, 11) is 1.85. The summed E-state index contributed by atoms with van der Waals surface area (Å²) in [6.07, 6.45) is 7.19. The van der Waals surface area contributed by atoms with Crippen LogP contribution in [0.2, 0.25) is 0 Å². The van der Waals surface area contributed by atoms with E-state index in [0.29, 0.717) is 11.7 Å². The van der Waals surface area contributed by atoms with E-state index < -0.39 is 5.60 Å². The molecule has 0 aliphatic heterocycles. The number of aliphatic hydroxyl groups is 1. The Hall–Kier alpha value is -1.16. The first-order valence-electron chi connectivity index (χ1n) is 4.88. The van der Waals surface area contributed by atoms with Crippen molar-refractivity contribution in [1.29, 1.82) is 0 Å². The molecule has 4 nitrogen and oxygen atoms in total. The minimum absolute atomic E-state index is 0.545. The smallest absolute Gasteiger partial charge is 0.168 e. The molecule has 1 aliphatic carbocycles. The standard InChI is InChI=1S/C10H15N3O/c1-8-3-5-10(14,6-4-8)9-12-11-7-13(9)2/h3,5,7-8,14H,4,6H2,1-2H3. The largest absolute Gasteiger partial charge is 0.378 e. The molecule has 1 N–H and O–H groups in total. The van der Waals surface area contributed by atoms with Crippen LogP contribution in [0.25, 0.3) is 0 Å². The molecule has 2 atom stereocenters. The van der Waals surface area contributed by atoms with Gasteiger partial charge in [-0.25, -0.2) is 0 Å². The first kappa shape index (κ1) is 9.40. The summed E-state index contributed by atoms with van der Waals surface area (Å²) in [6, 6.07) is 0. The molecule has 0 fully saturated rings. The van der Waals surface area contributed by atoms with Crippen LogP contribution in [0.1, 0.15) is 25.6 Å². The van der Waals surface area contributed by atoms with Crippen molar-refractivity contribution in [2.24, 2.45) is 13.0 Å². The second-order valence-electron chi connectivity index (χ2n) is 4.06. The Morgan fingerprint density at radius 3 is 2.93 bits per heavy atom. The van der Waals surface area contributed by atoms with Gasteiger partial charge in [-0.3, -0.25) is 0 Å². The molecular formula is C10H15N3O. The summed E-state index contributed by atoms with van der Waals surface area (Å²) in [5, 5.41) is 18.0. The molecule has 0 bridgehead atoms. The van der Waals surface area contributed by atoms with E-state index in [0.717, 1.165) is 12.8 Å². The van der Waals surface area contributed by atoms with E-state index in [1.165, 1.54) is 0 Å². The van der Waals surface area contributed by atoms with E-state index in [2.05, 4.69) is 17.1 Å². The lowest BCUT2D eigenvalue weighted by molar-refractivity contribution is 0.0551. The summed E-state index contributed by atoms with van der Waals surface area (Å²) in [4.78, 5) is 0. The van der Waals surface area contributed by atoms with Gasteiger partial charge in [-0.15, -0.1) is 10.2 Å². The van der Waals surface area contributed by atoms with E-state index in [1.807, 2.05) is 19.2 Å².